The highest BCUT2D eigenvalue weighted by molar-refractivity contribution is 6.05. The Hall–Kier alpha value is -7.25. The summed E-state index contributed by atoms with van der Waals surface area (Å²) in [5.74, 6) is 0. The predicted octanol–water partition coefficient (Wildman–Crippen LogP) is 11.3. The third-order valence-electron chi connectivity index (χ3n) is 9.51. The van der Waals surface area contributed by atoms with E-state index in [1.54, 1.807) is 12.4 Å². The van der Waals surface area contributed by atoms with E-state index in [9.17, 15) is 0 Å². The van der Waals surface area contributed by atoms with E-state index in [0.717, 1.165) is 94.6 Å². The molecule has 0 fully saturated rings. The van der Waals surface area contributed by atoms with Gasteiger partial charge in [0.25, 0.3) is 0 Å². The van der Waals surface area contributed by atoms with Gasteiger partial charge in [-0.05, 0) is 78.9 Å². The highest BCUT2D eigenvalue weighted by Crippen LogP contribution is 2.38. The molecule has 0 amide bonds. The minimum atomic E-state index is 0.826. The molecule has 0 N–H and O–H groups in total. The fourth-order valence-electron chi connectivity index (χ4n) is 6.82. The van der Waals surface area contributed by atoms with Crippen molar-refractivity contribution in [2.24, 2.45) is 0 Å². The van der Waals surface area contributed by atoms with Crippen LogP contribution in [-0.4, -0.2) is 24.9 Å². The van der Waals surface area contributed by atoms with E-state index < -0.39 is 0 Å². The van der Waals surface area contributed by atoms with Crippen molar-refractivity contribution in [1.29, 1.82) is 0 Å². The van der Waals surface area contributed by atoms with Gasteiger partial charge in [-0.1, -0.05) is 54.6 Å². The highest BCUT2D eigenvalue weighted by atomic mass is 16.3. The van der Waals surface area contributed by atoms with Crippen LogP contribution in [0.4, 0.5) is 17.1 Å². The molecule has 0 unspecified atom stereocenters. The van der Waals surface area contributed by atoms with Gasteiger partial charge in [0.1, 0.15) is 11.2 Å². The molecule has 4 aromatic carbocycles. The Balaban J connectivity index is 1.02. The summed E-state index contributed by atoms with van der Waals surface area (Å²) < 4.78 is 6.15. The number of benzene rings is 4. The molecule has 6 aromatic heterocycles. The van der Waals surface area contributed by atoms with Gasteiger partial charge in [-0.3, -0.25) is 15.0 Å². The second-order valence-electron chi connectivity index (χ2n) is 12.7. The van der Waals surface area contributed by atoms with Crippen LogP contribution in [0.5, 0.6) is 0 Å². The van der Waals surface area contributed by atoms with Gasteiger partial charge in [0, 0.05) is 92.3 Å². The first-order valence-electron chi connectivity index (χ1n) is 17.0. The molecule has 7 heteroatoms. The van der Waals surface area contributed by atoms with Crippen LogP contribution >= 0.6 is 0 Å². The summed E-state index contributed by atoms with van der Waals surface area (Å²) in [6.07, 6.45) is 9.13. The van der Waals surface area contributed by atoms with E-state index in [-0.39, 0.29) is 0 Å². The standard InChI is InChI=1S/C45H28N6O/c1-2-4-44-37(3-1)38-28-48-43(25-45(38)52-44)31-9-17-36(18-10-31)51(34-13-5-29(6-14-34)39-19-11-32-26-46-23-21-41(32)49-39)35-15-7-30(8-16-35)40-20-12-33-27-47-24-22-42(33)50-40/h1-28H. The van der Waals surface area contributed by atoms with Gasteiger partial charge in [-0.15, -0.1) is 0 Å². The Labute approximate surface area is 298 Å². The average Bonchev–Trinajstić information content (AvgIpc) is 3.59. The fourth-order valence-corrected chi connectivity index (χ4v) is 6.82. The van der Waals surface area contributed by atoms with Crippen molar-refractivity contribution in [3.8, 4) is 33.8 Å². The summed E-state index contributed by atoms with van der Waals surface area (Å²) in [6.45, 7) is 0. The molecule has 244 valence electrons. The Morgan fingerprint density at radius 2 is 0.942 bits per heavy atom. The lowest BCUT2D eigenvalue weighted by molar-refractivity contribution is 0.668. The first kappa shape index (κ1) is 29.6. The molecule has 0 aliphatic heterocycles. The number of pyridine rings is 5. The van der Waals surface area contributed by atoms with Gasteiger partial charge in [0.15, 0.2) is 0 Å². The Bertz CT molecular complexity index is 2780. The quantitative estimate of drug-likeness (QED) is 0.174. The van der Waals surface area contributed by atoms with E-state index in [2.05, 4.69) is 106 Å². The number of aromatic nitrogens is 5. The second kappa shape index (κ2) is 12.3. The lowest BCUT2D eigenvalue weighted by Gasteiger charge is -2.26. The average molecular weight is 669 g/mol. The zero-order valence-corrected chi connectivity index (χ0v) is 27.8. The summed E-state index contributed by atoms with van der Waals surface area (Å²) in [7, 11) is 0. The summed E-state index contributed by atoms with van der Waals surface area (Å²) in [5.41, 5.74) is 12.4. The molecule has 0 radical (unpaired) electrons. The lowest BCUT2D eigenvalue weighted by Crippen LogP contribution is -2.09. The molecule has 10 rings (SSSR count). The van der Waals surface area contributed by atoms with Crippen molar-refractivity contribution in [1.82, 2.24) is 24.9 Å². The first-order valence-corrected chi connectivity index (χ1v) is 17.0. The molecule has 0 aliphatic carbocycles. The van der Waals surface area contributed by atoms with E-state index in [1.165, 1.54) is 0 Å². The number of fused-ring (bicyclic) bond motifs is 5. The zero-order valence-electron chi connectivity index (χ0n) is 27.8. The third-order valence-corrected chi connectivity index (χ3v) is 9.51. The molecular formula is C45H28N6O. The number of anilines is 3. The molecule has 6 heterocycles. The van der Waals surface area contributed by atoms with E-state index in [1.807, 2.05) is 67.1 Å². The van der Waals surface area contributed by atoms with Crippen molar-refractivity contribution in [3.63, 3.8) is 0 Å². The SMILES string of the molecule is c1ccc2c(c1)oc1cc(-c3ccc(N(c4ccc(-c5ccc6cnccc6n5)cc4)c4ccc(-c5ccc6cnccc6n5)cc4)cc3)ncc12. The molecule has 0 saturated carbocycles. The minimum absolute atomic E-state index is 0.826. The van der Waals surface area contributed by atoms with E-state index in [4.69, 9.17) is 19.4 Å². The van der Waals surface area contributed by atoms with Crippen LogP contribution < -0.4 is 4.90 Å². The fraction of sp³-hybridized carbons (Fsp3) is 0. The maximum Gasteiger partial charge on any atom is 0.139 e. The number of rotatable bonds is 6. The molecule has 7 nitrogen and oxygen atoms in total. The van der Waals surface area contributed by atoms with Crippen LogP contribution in [0.2, 0.25) is 0 Å². The third kappa shape index (κ3) is 5.28. The van der Waals surface area contributed by atoms with Crippen LogP contribution in [0.15, 0.2) is 175 Å². The van der Waals surface area contributed by atoms with Gasteiger partial charge in [-0.2, -0.15) is 0 Å². The van der Waals surface area contributed by atoms with Crippen molar-refractivity contribution < 1.29 is 4.42 Å². The maximum atomic E-state index is 6.15. The van der Waals surface area contributed by atoms with Gasteiger partial charge in [0.05, 0.1) is 28.1 Å². The van der Waals surface area contributed by atoms with Gasteiger partial charge >= 0.3 is 0 Å². The monoisotopic (exact) mass is 668 g/mol. The topological polar surface area (TPSA) is 80.8 Å². The Kier molecular flexibility index (Phi) is 6.99. The van der Waals surface area contributed by atoms with Gasteiger partial charge in [0.2, 0.25) is 0 Å². The van der Waals surface area contributed by atoms with Crippen LogP contribution in [-0.2, 0) is 0 Å². The van der Waals surface area contributed by atoms with Crippen LogP contribution in [0.3, 0.4) is 0 Å². The Morgan fingerprint density at radius 3 is 1.50 bits per heavy atom. The van der Waals surface area contributed by atoms with Crippen molar-refractivity contribution in [2.45, 2.75) is 0 Å². The summed E-state index contributed by atoms with van der Waals surface area (Å²) >= 11 is 0. The van der Waals surface area contributed by atoms with Crippen LogP contribution in [0.25, 0.3) is 77.5 Å². The maximum absolute atomic E-state index is 6.15. The van der Waals surface area contributed by atoms with E-state index in [0.29, 0.717) is 0 Å². The number of furan rings is 1. The molecular weight excluding hydrogens is 641 g/mol. The molecule has 0 atom stereocenters. The Morgan fingerprint density at radius 1 is 0.423 bits per heavy atom. The largest absolute Gasteiger partial charge is 0.456 e. The van der Waals surface area contributed by atoms with Gasteiger partial charge in [-0.25, -0.2) is 9.97 Å². The molecule has 0 spiro atoms. The highest BCUT2D eigenvalue weighted by Gasteiger charge is 2.15. The second-order valence-corrected chi connectivity index (χ2v) is 12.7. The number of para-hydroxylation sites is 1. The minimum Gasteiger partial charge on any atom is -0.456 e. The number of hydrogen-bond donors (Lipinski definition) is 0. The van der Waals surface area contributed by atoms with Crippen molar-refractivity contribution in [3.05, 3.63) is 171 Å². The lowest BCUT2D eigenvalue weighted by atomic mass is 10.1. The summed E-state index contributed by atoms with van der Waals surface area (Å²) in [4.78, 5) is 25.3. The van der Waals surface area contributed by atoms with Crippen molar-refractivity contribution >= 4 is 60.8 Å². The van der Waals surface area contributed by atoms with Gasteiger partial charge < -0.3 is 9.32 Å². The predicted molar refractivity (Wildman–Crippen MR) is 209 cm³/mol. The summed E-state index contributed by atoms with van der Waals surface area (Å²) in [5, 5.41) is 4.12. The smallest absolute Gasteiger partial charge is 0.139 e. The van der Waals surface area contributed by atoms with Crippen LogP contribution in [0.1, 0.15) is 0 Å². The zero-order chi connectivity index (χ0) is 34.4. The molecule has 10 aromatic rings. The van der Waals surface area contributed by atoms with Crippen LogP contribution in [0, 0.1) is 0 Å². The molecule has 0 saturated heterocycles. The van der Waals surface area contributed by atoms with Crippen molar-refractivity contribution in [2.75, 3.05) is 4.90 Å². The normalized spacial score (nSPS) is 11.5. The van der Waals surface area contributed by atoms with E-state index >= 15 is 0 Å². The molecule has 0 aliphatic rings. The number of nitrogens with zero attached hydrogens (tertiary/aromatic N) is 6. The molecule has 0 bridgehead atoms. The summed E-state index contributed by atoms with van der Waals surface area (Å²) in [6, 6.07) is 47.8. The molecule has 52 heavy (non-hydrogen) atoms. The first-order chi connectivity index (χ1) is 25.7. The number of hydrogen-bond acceptors (Lipinski definition) is 7.